The molecule has 0 unspecified atom stereocenters. The lowest BCUT2D eigenvalue weighted by Crippen LogP contribution is -2.39. The average molecular weight is 327 g/mol. The van der Waals surface area contributed by atoms with E-state index in [4.69, 9.17) is 5.11 Å². The molecule has 2 aromatic heterocycles. The zero-order valence-corrected chi connectivity index (χ0v) is 12.9. The minimum absolute atomic E-state index is 0.0166. The molecule has 0 aliphatic carbocycles. The highest BCUT2D eigenvalue weighted by Gasteiger charge is 2.23. The Bertz CT molecular complexity index is 861. The number of hydrogen-bond donors (Lipinski definition) is 1. The summed E-state index contributed by atoms with van der Waals surface area (Å²) in [5.41, 5.74) is -1.17. The third-order valence-corrected chi connectivity index (χ3v) is 3.35. The van der Waals surface area contributed by atoms with Crippen LogP contribution < -0.4 is 16.1 Å². The van der Waals surface area contributed by atoms with Crippen LogP contribution in [0.15, 0.2) is 9.59 Å². The summed E-state index contributed by atoms with van der Waals surface area (Å²) in [5, 5.41) is 18.6. The summed E-state index contributed by atoms with van der Waals surface area (Å²) >= 11 is 0. The molecule has 0 bridgehead atoms. The smallest absolute Gasteiger partial charge is 0.332 e. The van der Waals surface area contributed by atoms with Gasteiger partial charge in [-0.15, -0.1) is 10.1 Å². The SMILES string of the molecule is CC(C)n1c(=O)n(C)c(=O)c2c1nc(O[N+](=O)[O-])n2CCCO. The summed E-state index contributed by atoms with van der Waals surface area (Å²) in [4.78, 5) is 43.7. The van der Waals surface area contributed by atoms with Crippen molar-refractivity contribution < 1.29 is 15.0 Å². The van der Waals surface area contributed by atoms with Crippen molar-refractivity contribution in [3.63, 3.8) is 0 Å². The predicted molar refractivity (Wildman–Crippen MR) is 78.9 cm³/mol. The molecule has 2 aromatic rings. The largest absolute Gasteiger partial charge is 0.396 e. The molecule has 0 radical (unpaired) electrons. The van der Waals surface area contributed by atoms with Gasteiger partial charge in [0.15, 0.2) is 11.2 Å². The van der Waals surface area contributed by atoms with E-state index in [-0.39, 0.29) is 36.8 Å². The lowest BCUT2D eigenvalue weighted by atomic mass is 10.3. The van der Waals surface area contributed by atoms with E-state index in [1.54, 1.807) is 13.8 Å². The summed E-state index contributed by atoms with van der Waals surface area (Å²) in [5.74, 6) is 0. The van der Waals surface area contributed by atoms with Crippen molar-refractivity contribution in [3.05, 3.63) is 31.0 Å². The maximum atomic E-state index is 12.4. The molecule has 0 spiro atoms. The van der Waals surface area contributed by atoms with Gasteiger partial charge in [-0.05, 0) is 20.3 Å². The van der Waals surface area contributed by atoms with Gasteiger partial charge in [-0.1, -0.05) is 0 Å². The summed E-state index contributed by atoms with van der Waals surface area (Å²) in [6, 6.07) is -0.725. The fraction of sp³-hybridized carbons (Fsp3) is 0.583. The molecule has 0 aliphatic rings. The van der Waals surface area contributed by atoms with E-state index < -0.39 is 22.3 Å². The Labute approximate surface area is 129 Å². The maximum absolute atomic E-state index is 12.4. The first-order valence-electron chi connectivity index (χ1n) is 6.94. The van der Waals surface area contributed by atoms with E-state index in [1.165, 1.54) is 16.2 Å². The quantitative estimate of drug-likeness (QED) is 0.554. The van der Waals surface area contributed by atoms with Crippen LogP contribution in [0.5, 0.6) is 6.01 Å². The number of rotatable bonds is 6. The molecule has 11 heteroatoms. The highest BCUT2D eigenvalue weighted by atomic mass is 17.0. The van der Waals surface area contributed by atoms with Gasteiger partial charge in [0.05, 0.1) is 0 Å². The van der Waals surface area contributed by atoms with Gasteiger partial charge in [0.25, 0.3) is 11.6 Å². The van der Waals surface area contributed by atoms with E-state index in [2.05, 4.69) is 9.82 Å². The molecule has 11 nitrogen and oxygen atoms in total. The zero-order valence-electron chi connectivity index (χ0n) is 12.9. The van der Waals surface area contributed by atoms with Crippen molar-refractivity contribution in [2.24, 2.45) is 7.05 Å². The molecule has 23 heavy (non-hydrogen) atoms. The van der Waals surface area contributed by atoms with Gasteiger partial charge in [-0.2, -0.15) is 4.98 Å². The van der Waals surface area contributed by atoms with Crippen LogP contribution in [0.25, 0.3) is 11.2 Å². The Kier molecular flexibility index (Phi) is 4.50. The molecule has 0 saturated heterocycles. The summed E-state index contributed by atoms with van der Waals surface area (Å²) in [6.45, 7) is 3.36. The van der Waals surface area contributed by atoms with Crippen molar-refractivity contribution in [2.75, 3.05) is 6.61 Å². The molecule has 1 N–H and O–H groups in total. The fourth-order valence-electron chi connectivity index (χ4n) is 2.34. The molecule has 0 amide bonds. The fourth-order valence-corrected chi connectivity index (χ4v) is 2.34. The number of fused-ring (bicyclic) bond motifs is 1. The monoisotopic (exact) mass is 327 g/mol. The van der Waals surface area contributed by atoms with E-state index in [0.29, 0.717) is 0 Å². The van der Waals surface area contributed by atoms with E-state index in [9.17, 15) is 19.7 Å². The second-order valence-electron chi connectivity index (χ2n) is 5.22. The minimum atomic E-state index is -1.04. The molecule has 126 valence electrons. The summed E-state index contributed by atoms with van der Waals surface area (Å²) in [7, 11) is 1.32. The number of aromatic nitrogens is 4. The van der Waals surface area contributed by atoms with Crippen molar-refractivity contribution in [1.29, 1.82) is 0 Å². The van der Waals surface area contributed by atoms with Crippen LogP contribution in [0.2, 0.25) is 0 Å². The Hall–Kier alpha value is -2.69. The van der Waals surface area contributed by atoms with Crippen molar-refractivity contribution in [1.82, 2.24) is 18.7 Å². The van der Waals surface area contributed by atoms with Gasteiger partial charge in [-0.25, -0.2) is 9.63 Å². The lowest BCUT2D eigenvalue weighted by Gasteiger charge is -2.12. The number of aryl methyl sites for hydroxylation is 1. The lowest BCUT2D eigenvalue weighted by molar-refractivity contribution is -0.713. The number of hydrogen-bond acceptors (Lipinski definition) is 7. The Balaban J connectivity index is 2.90. The third-order valence-electron chi connectivity index (χ3n) is 3.35. The van der Waals surface area contributed by atoms with Crippen molar-refractivity contribution >= 4 is 11.2 Å². The molecule has 2 heterocycles. The highest BCUT2D eigenvalue weighted by molar-refractivity contribution is 5.72. The van der Waals surface area contributed by atoms with Crippen LogP contribution >= 0.6 is 0 Å². The number of aliphatic hydroxyl groups excluding tert-OH is 1. The van der Waals surface area contributed by atoms with Crippen LogP contribution in [-0.4, -0.2) is 35.5 Å². The predicted octanol–water partition coefficient (Wildman–Crippen LogP) is -0.569. The Morgan fingerprint density at radius 3 is 2.57 bits per heavy atom. The molecule has 0 aliphatic heterocycles. The van der Waals surface area contributed by atoms with Gasteiger partial charge in [0.1, 0.15) is 0 Å². The highest BCUT2D eigenvalue weighted by Crippen LogP contribution is 2.20. The standard InChI is InChI=1S/C12H17N5O6/c1-7(2)16-9-8(10(19)14(3)12(16)20)15(5-4-6-18)11(13-9)23-17(21)22/h7,18H,4-6H2,1-3H3. The maximum Gasteiger partial charge on any atom is 0.332 e. The van der Waals surface area contributed by atoms with Gasteiger partial charge in [0.2, 0.25) is 0 Å². The van der Waals surface area contributed by atoms with Crippen LogP contribution in [0.1, 0.15) is 26.3 Å². The van der Waals surface area contributed by atoms with Gasteiger partial charge in [0, 0.05) is 26.2 Å². The molecule has 0 fully saturated rings. The second-order valence-corrected chi connectivity index (χ2v) is 5.22. The van der Waals surface area contributed by atoms with Crippen LogP contribution in [0.3, 0.4) is 0 Å². The molecular weight excluding hydrogens is 310 g/mol. The van der Waals surface area contributed by atoms with E-state index in [0.717, 1.165) is 4.57 Å². The van der Waals surface area contributed by atoms with E-state index >= 15 is 0 Å². The van der Waals surface area contributed by atoms with Crippen molar-refractivity contribution in [3.8, 4) is 6.01 Å². The Morgan fingerprint density at radius 1 is 1.39 bits per heavy atom. The number of aliphatic hydroxyl groups is 1. The van der Waals surface area contributed by atoms with Gasteiger partial charge >= 0.3 is 10.8 Å². The van der Waals surface area contributed by atoms with E-state index in [1.807, 2.05) is 0 Å². The molecule has 2 rings (SSSR count). The van der Waals surface area contributed by atoms with Crippen LogP contribution in [0.4, 0.5) is 0 Å². The number of nitrogens with zero attached hydrogens (tertiary/aromatic N) is 5. The zero-order chi connectivity index (χ0) is 17.3. The number of imidazole rings is 1. The average Bonchev–Trinajstić information content (AvgIpc) is 2.79. The first-order chi connectivity index (χ1) is 10.8. The van der Waals surface area contributed by atoms with Crippen molar-refractivity contribution in [2.45, 2.75) is 32.9 Å². The molecular formula is C12H17N5O6. The normalized spacial score (nSPS) is 11.3. The molecule has 0 aromatic carbocycles. The molecule has 0 atom stereocenters. The van der Waals surface area contributed by atoms with Gasteiger partial charge < -0.3 is 5.11 Å². The summed E-state index contributed by atoms with van der Waals surface area (Å²) in [6.07, 6.45) is 0.240. The first-order valence-corrected chi connectivity index (χ1v) is 6.94. The Morgan fingerprint density at radius 2 is 2.04 bits per heavy atom. The van der Waals surface area contributed by atoms with Gasteiger partial charge in [-0.3, -0.25) is 18.5 Å². The van der Waals surface area contributed by atoms with Crippen LogP contribution in [-0.2, 0) is 13.6 Å². The minimum Gasteiger partial charge on any atom is -0.396 e. The topological polar surface area (TPSA) is 134 Å². The third kappa shape index (κ3) is 2.82. The second kappa shape index (κ2) is 6.20. The summed E-state index contributed by atoms with van der Waals surface area (Å²) < 4.78 is 3.38. The first kappa shape index (κ1) is 16.7. The van der Waals surface area contributed by atoms with Crippen LogP contribution in [0, 0.1) is 10.1 Å². The molecule has 0 saturated carbocycles.